The summed E-state index contributed by atoms with van der Waals surface area (Å²) in [6, 6.07) is 4.71. The number of halogens is 1. The van der Waals surface area contributed by atoms with E-state index >= 15 is 0 Å². The molecule has 0 spiro atoms. The average molecular weight is 265 g/mol. The van der Waals surface area contributed by atoms with Crippen LogP contribution in [0.25, 0.3) is 0 Å². The van der Waals surface area contributed by atoms with Crippen LogP contribution in [0.4, 0.5) is 4.39 Å². The lowest BCUT2D eigenvalue weighted by molar-refractivity contribution is 0.0597. The summed E-state index contributed by atoms with van der Waals surface area (Å²) in [5.74, 6) is -0.428. The predicted molar refractivity (Wildman–Crippen MR) is 76.8 cm³/mol. The smallest absolute Gasteiger partial charge is 0.254 e. The fraction of sp³-hybridized carbons (Fsp3) is 0.562. The second kappa shape index (κ2) is 6.69. The number of hydrogen-bond donors (Lipinski definition) is 0. The third-order valence-electron chi connectivity index (χ3n) is 3.80. The Morgan fingerprint density at radius 3 is 2.21 bits per heavy atom. The molecule has 3 heteroatoms. The van der Waals surface area contributed by atoms with Gasteiger partial charge in [-0.3, -0.25) is 4.79 Å². The maximum atomic E-state index is 13.4. The lowest BCUT2D eigenvalue weighted by Crippen LogP contribution is -2.44. The van der Waals surface area contributed by atoms with E-state index in [1.165, 1.54) is 12.1 Å². The van der Waals surface area contributed by atoms with Crippen LogP contribution in [0, 0.1) is 12.7 Å². The first-order valence-corrected chi connectivity index (χ1v) is 7.01. The molecule has 0 saturated carbocycles. The molecule has 0 N–H and O–H groups in total. The number of rotatable bonds is 5. The van der Waals surface area contributed by atoms with Crippen LogP contribution in [0.15, 0.2) is 18.2 Å². The van der Waals surface area contributed by atoms with E-state index in [2.05, 4.69) is 13.8 Å². The van der Waals surface area contributed by atoms with Gasteiger partial charge < -0.3 is 4.90 Å². The number of nitrogens with zero attached hydrogens (tertiary/aromatic N) is 1. The van der Waals surface area contributed by atoms with Gasteiger partial charge in [0.15, 0.2) is 0 Å². The lowest BCUT2D eigenvalue weighted by atomic mass is 10.0. The normalized spacial score (nSPS) is 14.0. The van der Waals surface area contributed by atoms with Crippen molar-refractivity contribution in [1.29, 1.82) is 0 Å². The molecule has 0 aromatic heterocycles. The van der Waals surface area contributed by atoms with Gasteiger partial charge in [0.1, 0.15) is 5.82 Å². The van der Waals surface area contributed by atoms with Gasteiger partial charge in [-0.25, -0.2) is 4.39 Å². The minimum absolute atomic E-state index is 0.0688. The summed E-state index contributed by atoms with van der Waals surface area (Å²) in [7, 11) is 0. The van der Waals surface area contributed by atoms with Crippen molar-refractivity contribution in [2.75, 3.05) is 0 Å². The summed E-state index contributed by atoms with van der Waals surface area (Å²) in [4.78, 5) is 14.6. The number of carbonyl (C=O) groups is 1. The molecule has 0 saturated heterocycles. The predicted octanol–water partition coefficient (Wildman–Crippen LogP) is 4.17. The van der Waals surface area contributed by atoms with Gasteiger partial charge in [0.05, 0.1) is 0 Å². The van der Waals surface area contributed by atoms with Gasteiger partial charge in [0.2, 0.25) is 0 Å². The van der Waals surface area contributed by atoms with Gasteiger partial charge in [-0.05, 0) is 51.3 Å². The van der Waals surface area contributed by atoms with Crippen molar-refractivity contribution in [3.63, 3.8) is 0 Å². The fourth-order valence-corrected chi connectivity index (χ4v) is 2.19. The molecule has 1 amide bonds. The third-order valence-corrected chi connectivity index (χ3v) is 3.80. The molecule has 1 aromatic carbocycles. The maximum absolute atomic E-state index is 13.4. The zero-order valence-electron chi connectivity index (χ0n) is 12.5. The summed E-state index contributed by atoms with van der Waals surface area (Å²) >= 11 is 0. The first kappa shape index (κ1) is 15.7. The second-order valence-corrected chi connectivity index (χ2v) is 5.19. The molecule has 1 rings (SSSR count). The Bertz CT molecular complexity index is 434. The van der Waals surface area contributed by atoms with Crippen LogP contribution in [0.5, 0.6) is 0 Å². The van der Waals surface area contributed by atoms with E-state index in [0.29, 0.717) is 5.56 Å². The average Bonchev–Trinajstić information content (AvgIpc) is 2.40. The van der Waals surface area contributed by atoms with Crippen molar-refractivity contribution < 1.29 is 9.18 Å². The Morgan fingerprint density at radius 2 is 1.74 bits per heavy atom. The van der Waals surface area contributed by atoms with Gasteiger partial charge >= 0.3 is 0 Å². The molecule has 0 unspecified atom stereocenters. The van der Waals surface area contributed by atoms with Crippen molar-refractivity contribution in [2.24, 2.45) is 0 Å². The number of carbonyl (C=O) groups excluding carboxylic acids is 1. The molecule has 0 heterocycles. The Morgan fingerprint density at radius 1 is 1.21 bits per heavy atom. The van der Waals surface area contributed by atoms with Gasteiger partial charge in [0, 0.05) is 17.6 Å². The summed E-state index contributed by atoms with van der Waals surface area (Å²) in [5, 5.41) is 0. The second-order valence-electron chi connectivity index (χ2n) is 5.19. The standard InChI is InChI=1S/C16H24FNO/c1-6-12(4)18(13(5)7-2)16(19)15-10-14(17)9-8-11(15)3/h8-10,12-13H,6-7H2,1-5H3/t12-,13+. The molecule has 0 fully saturated rings. The molecule has 0 bridgehead atoms. The monoisotopic (exact) mass is 265 g/mol. The Labute approximate surface area is 115 Å². The quantitative estimate of drug-likeness (QED) is 0.782. The molecular weight excluding hydrogens is 241 g/mol. The SMILES string of the molecule is CC[C@@H](C)N(C(=O)c1cc(F)ccc1C)[C@@H](C)CC. The third kappa shape index (κ3) is 3.55. The van der Waals surface area contributed by atoms with Gasteiger partial charge in [0.25, 0.3) is 5.91 Å². The minimum atomic E-state index is -0.359. The van der Waals surface area contributed by atoms with E-state index in [1.807, 2.05) is 25.7 Å². The lowest BCUT2D eigenvalue weighted by Gasteiger charge is -2.34. The zero-order valence-corrected chi connectivity index (χ0v) is 12.5. The van der Waals surface area contributed by atoms with Crippen LogP contribution in [0.1, 0.15) is 56.5 Å². The molecule has 2 nitrogen and oxygen atoms in total. The summed E-state index contributed by atoms with van der Waals surface area (Å²) in [6.07, 6.45) is 1.79. The van der Waals surface area contributed by atoms with E-state index in [-0.39, 0.29) is 23.8 Å². The van der Waals surface area contributed by atoms with Crippen molar-refractivity contribution in [3.8, 4) is 0 Å². The van der Waals surface area contributed by atoms with Crippen LogP contribution in [-0.4, -0.2) is 22.9 Å². The summed E-state index contributed by atoms with van der Waals surface area (Å²) in [6.45, 7) is 10.0. The number of benzene rings is 1. The first-order valence-electron chi connectivity index (χ1n) is 7.01. The minimum Gasteiger partial charge on any atom is -0.333 e. The van der Waals surface area contributed by atoms with E-state index < -0.39 is 0 Å². The van der Waals surface area contributed by atoms with Crippen molar-refractivity contribution >= 4 is 5.91 Å². The van der Waals surface area contributed by atoms with Crippen LogP contribution in [-0.2, 0) is 0 Å². The summed E-state index contributed by atoms with van der Waals surface area (Å²) < 4.78 is 13.4. The maximum Gasteiger partial charge on any atom is 0.254 e. The zero-order chi connectivity index (χ0) is 14.6. The van der Waals surface area contributed by atoms with Crippen LogP contribution >= 0.6 is 0 Å². The number of aryl methyl sites for hydroxylation is 1. The molecule has 19 heavy (non-hydrogen) atoms. The molecule has 0 aliphatic heterocycles. The van der Waals surface area contributed by atoms with E-state index in [9.17, 15) is 9.18 Å². The first-order chi connectivity index (χ1) is 8.92. The topological polar surface area (TPSA) is 20.3 Å². The van der Waals surface area contributed by atoms with Crippen LogP contribution < -0.4 is 0 Å². The van der Waals surface area contributed by atoms with E-state index in [0.717, 1.165) is 18.4 Å². The van der Waals surface area contributed by atoms with Crippen LogP contribution in [0.3, 0.4) is 0 Å². The molecule has 0 aliphatic carbocycles. The van der Waals surface area contributed by atoms with Gasteiger partial charge in [-0.2, -0.15) is 0 Å². The molecule has 2 atom stereocenters. The highest BCUT2D eigenvalue weighted by atomic mass is 19.1. The Kier molecular flexibility index (Phi) is 5.52. The van der Waals surface area contributed by atoms with E-state index in [1.54, 1.807) is 6.07 Å². The highest BCUT2D eigenvalue weighted by Crippen LogP contribution is 2.19. The Balaban J connectivity index is 3.15. The summed E-state index contributed by atoms with van der Waals surface area (Å²) in [5.41, 5.74) is 1.30. The van der Waals surface area contributed by atoms with Gasteiger partial charge in [-0.1, -0.05) is 19.9 Å². The van der Waals surface area contributed by atoms with Crippen molar-refractivity contribution in [3.05, 3.63) is 35.1 Å². The largest absolute Gasteiger partial charge is 0.333 e. The molecule has 0 aliphatic rings. The molecule has 106 valence electrons. The Hall–Kier alpha value is -1.38. The number of amides is 1. The molecule has 0 radical (unpaired) electrons. The number of hydrogen-bond acceptors (Lipinski definition) is 1. The van der Waals surface area contributed by atoms with E-state index in [4.69, 9.17) is 0 Å². The van der Waals surface area contributed by atoms with Crippen LogP contribution in [0.2, 0.25) is 0 Å². The molecule has 1 aromatic rings. The highest BCUT2D eigenvalue weighted by Gasteiger charge is 2.25. The highest BCUT2D eigenvalue weighted by molar-refractivity contribution is 5.96. The van der Waals surface area contributed by atoms with Crippen molar-refractivity contribution in [1.82, 2.24) is 4.90 Å². The molecular formula is C16H24FNO. The van der Waals surface area contributed by atoms with Crippen molar-refractivity contribution in [2.45, 2.75) is 59.5 Å². The fourth-order valence-electron chi connectivity index (χ4n) is 2.19. The van der Waals surface area contributed by atoms with Gasteiger partial charge in [-0.15, -0.1) is 0 Å².